The van der Waals surface area contributed by atoms with Crippen molar-refractivity contribution < 1.29 is 13.2 Å². The Morgan fingerprint density at radius 2 is 1.87 bits per heavy atom. The quantitative estimate of drug-likeness (QED) is 0.560. The van der Waals surface area contributed by atoms with Gasteiger partial charge in [-0.05, 0) is 42.5 Å². The number of thiazole rings is 1. The van der Waals surface area contributed by atoms with Crippen LogP contribution in [0.1, 0.15) is 48.5 Å². The summed E-state index contributed by atoms with van der Waals surface area (Å²) >= 11 is 1.33. The predicted octanol–water partition coefficient (Wildman–Crippen LogP) is 4.63. The SMILES string of the molecule is CC(C)c1ccc(-c2csc(NC(=O)c3cccc(S(=O)(=O)NC4CC4)c3)n2)cc1. The molecule has 0 spiro atoms. The molecule has 4 rings (SSSR count). The van der Waals surface area contributed by atoms with Gasteiger partial charge in [-0.15, -0.1) is 11.3 Å². The second-order valence-electron chi connectivity index (χ2n) is 7.69. The second kappa shape index (κ2) is 8.29. The number of hydrogen-bond acceptors (Lipinski definition) is 5. The van der Waals surface area contributed by atoms with E-state index in [1.165, 1.54) is 29.0 Å². The monoisotopic (exact) mass is 441 g/mol. The van der Waals surface area contributed by atoms with Crippen molar-refractivity contribution in [1.82, 2.24) is 9.71 Å². The Labute approximate surface area is 180 Å². The Morgan fingerprint density at radius 3 is 2.53 bits per heavy atom. The third kappa shape index (κ3) is 4.77. The predicted molar refractivity (Wildman–Crippen MR) is 119 cm³/mol. The van der Waals surface area contributed by atoms with Crippen LogP contribution in [0.5, 0.6) is 0 Å². The van der Waals surface area contributed by atoms with Crippen LogP contribution in [-0.2, 0) is 10.0 Å². The Morgan fingerprint density at radius 1 is 1.13 bits per heavy atom. The molecule has 1 fully saturated rings. The van der Waals surface area contributed by atoms with Gasteiger partial charge in [0, 0.05) is 22.5 Å². The second-order valence-corrected chi connectivity index (χ2v) is 10.3. The number of sulfonamides is 1. The molecule has 1 saturated carbocycles. The Kier molecular flexibility index (Phi) is 5.73. The van der Waals surface area contributed by atoms with Crippen molar-refractivity contribution in [3.63, 3.8) is 0 Å². The number of carbonyl (C=O) groups excluding carboxylic acids is 1. The number of benzene rings is 2. The number of rotatable bonds is 7. The maximum Gasteiger partial charge on any atom is 0.257 e. The maximum atomic E-state index is 12.6. The number of amides is 1. The molecule has 0 bridgehead atoms. The summed E-state index contributed by atoms with van der Waals surface area (Å²) in [6.07, 6.45) is 1.71. The van der Waals surface area contributed by atoms with Crippen LogP contribution < -0.4 is 10.0 Å². The Bertz CT molecular complexity index is 1160. The average molecular weight is 442 g/mol. The lowest BCUT2D eigenvalue weighted by Gasteiger charge is -2.07. The molecule has 0 saturated heterocycles. The van der Waals surface area contributed by atoms with Gasteiger partial charge >= 0.3 is 0 Å². The molecule has 0 atom stereocenters. The van der Waals surface area contributed by atoms with E-state index in [9.17, 15) is 13.2 Å². The molecule has 2 aromatic carbocycles. The van der Waals surface area contributed by atoms with Crippen molar-refractivity contribution in [3.8, 4) is 11.3 Å². The van der Waals surface area contributed by atoms with E-state index in [0.29, 0.717) is 11.0 Å². The van der Waals surface area contributed by atoms with Gasteiger partial charge in [-0.2, -0.15) is 0 Å². The third-order valence-corrected chi connectivity index (χ3v) is 7.18. The molecule has 2 N–H and O–H groups in total. The van der Waals surface area contributed by atoms with Gasteiger partial charge < -0.3 is 0 Å². The number of carbonyl (C=O) groups is 1. The van der Waals surface area contributed by atoms with Crippen molar-refractivity contribution in [3.05, 3.63) is 65.0 Å². The lowest BCUT2D eigenvalue weighted by molar-refractivity contribution is 0.102. The fourth-order valence-corrected chi connectivity index (χ4v) is 5.03. The summed E-state index contributed by atoms with van der Waals surface area (Å²) in [5.74, 6) is 0.0675. The van der Waals surface area contributed by atoms with Gasteiger partial charge in [-0.3, -0.25) is 10.1 Å². The third-order valence-electron chi connectivity index (χ3n) is 4.90. The fraction of sp³-hybridized carbons (Fsp3) is 0.273. The zero-order chi connectivity index (χ0) is 21.3. The minimum Gasteiger partial charge on any atom is -0.298 e. The minimum atomic E-state index is -3.61. The fourth-order valence-electron chi connectivity index (χ4n) is 2.96. The average Bonchev–Trinajstić information content (AvgIpc) is 3.41. The molecule has 3 aromatic rings. The number of aromatic nitrogens is 1. The molecule has 156 valence electrons. The Hall–Kier alpha value is -2.55. The highest BCUT2D eigenvalue weighted by molar-refractivity contribution is 7.89. The van der Waals surface area contributed by atoms with Crippen LogP contribution in [0.3, 0.4) is 0 Å². The summed E-state index contributed by atoms with van der Waals surface area (Å²) in [6.45, 7) is 4.29. The van der Waals surface area contributed by atoms with Crippen molar-refractivity contribution in [2.75, 3.05) is 5.32 Å². The lowest BCUT2D eigenvalue weighted by Crippen LogP contribution is -2.26. The maximum absolute atomic E-state index is 12.6. The standard InChI is InChI=1S/C22H23N3O3S2/c1-14(2)15-6-8-16(9-7-15)20-13-29-22(23-20)24-21(26)17-4-3-5-19(12-17)30(27,28)25-18-10-11-18/h3-9,12-14,18,25H,10-11H2,1-2H3,(H,23,24,26). The largest absolute Gasteiger partial charge is 0.298 e. The summed E-state index contributed by atoms with van der Waals surface area (Å²) < 4.78 is 27.4. The van der Waals surface area contributed by atoms with Crippen LogP contribution in [0.15, 0.2) is 58.8 Å². The summed E-state index contributed by atoms with van der Waals surface area (Å²) in [6, 6.07) is 14.3. The van der Waals surface area contributed by atoms with E-state index < -0.39 is 15.9 Å². The van der Waals surface area contributed by atoms with Crippen LogP contribution in [0.25, 0.3) is 11.3 Å². The molecule has 0 radical (unpaired) electrons. The van der Waals surface area contributed by atoms with Gasteiger partial charge in [0.15, 0.2) is 5.13 Å². The van der Waals surface area contributed by atoms with E-state index >= 15 is 0 Å². The van der Waals surface area contributed by atoms with Crippen molar-refractivity contribution >= 4 is 32.4 Å². The topological polar surface area (TPSA) is 88.2 Å². The Balaban J connectivity index is 1.47. The number of hydrogen-bond donors (Lipinski definition) is 2. The smallest absolute Gasteiger partial charge is 0.257 e. The van der Waals surface area contributed by atoms with Crippen LogP contribution in [-0.4, -0.2) is 25.4 Å². The molecule has 1 aliphatic rings. The van der Waals surface area contributed by atoms with E-state index in [0.717, 1.165) is 24.1 Å². The van der Waals surface area contributed by atoms with Crippen LogP contribution in [0, 0.1) is 0 Å². The zero-order valence-corrected chi connectivity index (χ0v) is 18.4. The lowest BCUT2D eigenvalue weighted by atomic mass is 10.0. The van der Waals surface area contributed by atoms with E-state index in [1.54, 1.807) is 12.1 Å². The van der Waals surface area contributed by atoms with Crippen LogP contribution in [0.2, 0.25) is 0 Å². The molecule has 1 aliphatic carbocycles. The molecule has 0 aliphatic heterocycles. The normalized spacial score (nSPS) is 14.1. The van der Waals surface area contributed by atoms with Gasteiger partial charge in [0.25, 0.3) is 5.91 Å². The minimum absolute atomic E-state index is 0.0100. The van der Waals surface area contributed by atoms with Crippen LogP contribution >= 0.6 is 11.3 Å². The zero-order valence-electron chi connectivity index (χ0n) is 16.8. The molecule has 0 unspecified atom stereocenters. The van der Waals surface area contributed by atoms with E-state index in [4.69, 9.17) is 0 Å². The van der Waals surface area contributed by atoms with Gasteiger partial charge in [0.2, 0.25) is 10.0 Å². The molecular weight excluding hydrogens is 418 g/mol. The van der Waals surface area contributed by atoms with Crippen LogP contribution in [0.4, 0.5) is 5.13 Å². The van der Waals surface area contributed by atoms with E-state index in [-0.39, 0.29) is 16.5 Å². The number of anilines is 1. The summed E-state index contributed by atoms with van der Waals surface area (Å²) in [5.41, 5.74) is 3.30. The molecule has 1 amide bonds. The number of nitrogens with one attached hydrogen (secondary N) is 2. The highest BCUT2D eigenvalue weighted by Gasteiger charge is 2.28. The first kappa shape index (κ1) is 20.7. The molecule has 30 heavy (non-hydrogen) atoms. The molecular formula is C22H23N3O3S2. The van der Waals surface area contributed by atoms with Crippen molar-refractivity contribution in [2.24, 2.45) is 0 Å². The highest BCUT2D eigenvalue weighted by Crippen LogP contribution is 2.27. The molecule has 8 heteroatoms. The van der Waals surface area contributed by atoms with E-state index in [1.807, 2.05) is 17.5 Å². The van der Waals surface area contributed by atoms with Crippen molar-refractivity contribution in [1.29, 1.82) is 0 Å². The molecule has 1 aromatic heterocycles. The van der Waals surface area contributed by atoms with Gasteiger partial charge in [0.05, 0.1) is 10.6 Å². The highest BCUT2D eigenvalue weighted by atomic mass is 32.2. The van der Waals surface area contributed by atoms with Gasteiger partial charge in [-0.25, -0.2) is 18.1 Å². The first-order valence-corrected chi connectivity index (χ1v) is 12.2. The van der Waals surface area contributed by atoms with E-state index in [2.05, 4.69) is 41.0 Å². The van der Waals surface area contributed by atoms with Crippen molar-refractivity contribution in [2.45, 2.75) is 43.5 Å². The summed E-state index contributed by atoms with van der Waals surface area (Å²) in [5, 5.41) is 5.12. The van der Waals surface area contributed by atoms with Gasteiger partial charge in [0.1, 0.15) is 0 Å². The first-order valence-electron chi connectivity index (χ1n) is 9.81. The molecule has 6 nitrogen and oxygen atoms in total. The van der Waals surface area contributed by atoms with Gasteiger partial charge in [-0.1, -0.05) is 44.2 Å². The first-order chi connectivity index (χ1) is 14.3. The number of nitrogens with zero attached hydrogens (tertiary/aromatic N) is 1. The summed E-state index contributed by atoms with van der Waals surface area (Å²) in [4.78, 5) is 17.2. The summed E-state index contributed by atoms with van der Waals surface area (Å²) in [7, 11) is -3.61. The molecule has 1 heterocycles.